The molecule has 1 heterocycles. The first-order valence-electron chi connectivity index (χ1n) is 6.59. The van der Waals surface area contributed by atoms with Crippen LogP contribution in [0, 0.1) is 16.5 Å². The van der Waals surface area contributed by atoms with E-state index in [1.165, 1.54) is 26.0 Å². The van der Waals surface area contributed by atoms with Crippen molar-refractivity contribution < 1.29 is 9.13 Å². The molecule has 1 fully saturated rings. The lowest BCUT2D eigenvalue weighted by Gasteiger charge is -2.18. The molecule has 1 N–H and O–H groups in total. The van der Waals surface area contributed by atoms with Crippen LogP contribution in [0.4, 0.5) is 4.39 Å². The van der Waals surface area contributed by atoms with E-state index in [0.29, 0.717) is 16.7 Å². The number of ether oxygens (including phenoxy) is 1. The summed E-state index contributed by atoms with van der Waals surface area (Å²) in [7, 11) is 1.48. The highest BCUT2D eigenvalue weighted by atomic mass is 32.1. The van der Waals surface area contributed by atoms with E-state index in [0.717, 1.165) is 17.5 Å². The molecular weight excluding hydrogens is 263 g/mol. The number of nitrogens with zero attached hydrogens (tertiary/aromatic N) is 1. The minimum absolute atomic E-state index is 0.265. The third-order valence-corrected chi connectivity index (χ3v) is 4.44. The maximum Gasteiger partial charge on any atom is 0.178 e. The molecule has 1 aliphatic carbocycles. The lowest BCUT2D eigenvalue weighted by atomic mass is 10.1. The molecule has 1 aliphatic rings. The zero-order chi connectivity index (χ0) is 13.6. The predicted octanol–water partition coefficient (Wildman–Crippen LogP) is 4.21. The van der Waals surface area contributed by atoms with Gasteiger partial charge in [0.2, 0.25) is 0 Å². The molecule has 3 rings (SSSR count). The van der Waals surface area contributed by atoms with Crippen LogP contribution in [0.5, 0.6) is 5.75 Å². The van der Waals surface area contributed by atoms with Crippen molar-refractivity contribution in [3.8, 4) is 5.75 Å². The summed E-state index contributed by atoms with van der Waals surface area (Å²) in [5, 5.41) is 0. The van der Waals surface area contributed by atoms with Gasteiger partial charge < -0.3 is 14.3 Å². The number of nitrogens with one attached hydrogen (secondary N) is 1. The largest absolute Gasteiger partial charge is 0.494 e. The fourth-order valence-corrected chi connectivity index (χ4v) is 3.47. The van der Waals surface area contributed by atoms with Crippen molar-refractivity contribution in [2.45, 2.75) is 32.2 Å². The third kappa shape index (κ3) is 1.96. The van der Waals surface area contributed by atoms with E-state index < -0.39 is 0 Å². The minimum atomic E-state index is -0.363. The van der Waals surface area contributed by atoms with Gasteiger partial charge in [-0.05, 0) is 31.0 Å². The zero-order valence-electron chi connectivity index (χ0n) is 11.1. The normalized spacial score (nSPS) is 23.1. The molecule has 0 aliphatic heterocycles. The monoisotopic (exact) mass is 280 g/mol. The van der Waals surface area contributed by atoms with Crippen molar-refractivity contribution in [3.63, 3.8) is 0 Å². The van der Waals surface area contributed by atoms with Gasteiger partial charge in [0.15, 0.2) is 16.3 Å². The molecule has 5 heteroatoms. The molecule has 19 heavy (non-hydrogen) atoms. The Balaban J connectivity index is 2.23. The van der Waals surface area contributed by atoms with Crippen LogP contribution in [0.1, 0.15) is 32.2 Å². The highest BCUT2D eigenvalue weighted by Crippen LogP contribution is 2.38. The Bertz CT molecular complexity index is 676. The highest BCUT2D eigenvalue weighted by molar-refractivity contribution is 7.71. The second-order valence-corrected chi connectivity index (χ2v) is 5.67. The van der Waals surface area contributed by atoms with Gasteiger partial charge in [-0.1, -0.05) is 13.3 Å². The molecule has 0 amide bonds. The Morgan fingerprint density at radius 3 is 2.84 bits per heavy atom. The third-order valence-electron chi connectivity index (χ3n) is 4.14. The second kappa shape index (κ2) is 4.63. The van der Waals surface area contributed by atoms with E-state index in [1.54, 1.807) is 6.07 Å². The van der Waals surface area contributed by atoms with E-state index in [4.69, 9.17) is 17.0 Å². The summed E-state index contributed by atoms with van der Waals surface area (Å²) in [6.45, 7) is 2.25. The summed E-state index contributed by atoms with van der Waals surface area (Å²) in [4.78, 5) is 3.10. The van der Waals surface area contributed by atoms with Gasteiger partial charge in [0.05, 0.1) is 18.1 Å². The molecule has 1 saturated carbocycles. The van der Waals surface area contributed by atoms with Gasteiger partial charge in [-0.15, -0.1) is 0 Å². The Labute approximate surface area is 116 Å². The minimum Gasteiger partial charge on any atom is -0.494 e. The van der Waals surface area contributed by atoms with Gasteiger partial charge in [-0.25, -0.2) is 4.39 Å². The van der Waals surface area contributed by atoms with E-state index in [1.807, 2.05) is 0 Å². The molecule has 1 aromatic heterocycles. The number of H-pyrrole nitrogens is 1. The lowest BCUT2D eigenvalue weighted by molar-refractivity contribution is 0.386. The predicted molar refractivity (Wildman–Crippen MR) is 75.7 cm³/mol. The number of rotatable bonds is 2. The molecule has 0 radical (unpaired) electrons. The first-order valence-corrected chi connectivity index (χ1v) is 7.00. The topological polar surface area (TPSA) is 29.9 Å². The van der Waals surface area contributed by atoms with Crippen LogP contribution in [0.3, 0.4) is 0 Å². The number of hydrogen-bond acceptors (Lipinski definition) is 2. The Hall–Kier alpha value is -1.36. The number of halogens is 1. The SMILES string of the molecule is COc1cc2c(cc1F)[nH]c(=S)n2C1CCCC1C. The van der Waals surface area contributed by atoms with Gasteiger partial charge in [-0.3, -0.25) is 0 Å². The quantitative estimate of drug-likeness (QED) is 0.835. The number of fused-ring (bicyclic) bond motifs is 1. The Morgan fingerprint density at radius 2 is 2.21 bits per heavy atom. The van der Waals surface area contributed by atoms with Gasteiger partial charge >= 0.3 is 0 Å². The maximum atomic E-state index is 13.7. The highest BCUT2D eigenvalue weighted by Gasteiger charge is 2.27. The van der Waals surface area contributed by atoms with Crippen LogP contribution in [0.15, 0.2) is 12.1 Å². The van der Waals surface area contributed by atoms with E-state index in [2.05, 4.69) is 16.5 Å². The number of methoxy groups -OCH3 is 1. The molecule has 0 saturated heterocycles. The first kappa shape index (κ1) is 12.7. The van der Waals surface area contributed by atoms with Crippen LogP contribution < -0.4 is 4.74 Å². The fraction of sp³-hybridized carbons (Fsp3) is 0.500. The molecule has 2 unspecified atom stereocenters. The summed E-state index contributed by atoms with van der Waals surface area (Å²) in [6, 6.07) is 3.60. The molecule has 3 nitrogen and oxygen atoms in total. The Kier molecular flexibility index (Phi) is 3.09. The van der Waals surface area contributed by atoms with Gasteiger partial charge in [0, 0.05) is 18.2 Å². The summed E-state index contributed by atoms with van der Waals surface area (Å²) < 4.78 is 21.6. The summed E-state index contributed by atoms with van der Waals surface area (Å²) >= 11 is 5.41. The molecule has 2 atom stereocenters. The van der Waals surface area contributed by atoms with Crippen molar-refractivity contribution >= 4 is 23.3 Å². The number of aromatic nitrogens is 2. The van der Waals surface area contributed by atoms with Crippen LogP contribution in [0.25, 0.3) is 11.0 Å². The van der Waals surface area contributed by atoms with Crippen molar-refractivity contribution in [2.75, 3.05) is 7.11 Å². The number of aromatic amines is 1. The maximum absolute atomic E-state index is 13.7. The van der Waals surface area contributed by atoms with Gasteiger partial charge in [-0.2, -0.15) is 0 Å². The van der Waals surface area contributed by atoms with Crippen LogP contribution in [-0.2, 0) is 0 Å². The molecule has 102 valence electrons. The molecule has 0 spiro atoms. The van der Waals surface area contributed by atoms with Gasteiger partial charge in [0.1, 0.15) is 0 Å². The summed E-state index contributed by atoms with van der Waals surface area (Å²) in [5.74, 6) is 0.500. The van der Waals surface area contributed by atoms with Crippen molar-refractivity contribution in [1.82, 2.24) is 9.55 Å². The lowest BCUT2D eigenvalue weighted by Crippen LogP contribution is -2.11. The van der Waals surface area contributed by atoms with E-state index in [-0.39, 0.29) is 11.6 Å². The average Bonchev–Trinajstić information content (AvgIpc) is 2.90. The Morgan fingerprint density at radius 1 is 1.42 bits per heavy atom. The molecule has 2 aromatic rings. The average molecular weight is 280 g/mol. The van der Waals surface area contributed by atoms with Crippen LogP contribution in [-0.4, -0.2) is 16.7 Å². The van der Waals surface area contributed by atoms with Crippen molar-refractivity contribution in [3.05, 3.63) is 22.7 Å². The number of benzene rings is 1. The van der Waals surface area contributed by atoms with Crippen molar-refractivity contribution in [1.29, 1.82) is 0 Å². The fourth-order valence-electron chi connectivity index (χ4n) is 3.12. The number of hydrogen-bond donors (Lipinski definition) is 1. The molecule has 0 bridgehead atoms. The van der Waals surface area contributed by atoms with Gasteiger partial charge in [0.25, 0.3) is 0 Å². The summed E-state index contributed by atoms with van der Waals surface area (Å²) in [5.41, 5.74) is 1.67. The summed E-state index contributed by atoms with van der Waals surface area (Å²) in [6.07, 6.45) is 3.57. The molecule has 1 aromatic carbocycles. The zero-order valence-corrected chi connectivity index (χ0v) is 11.9. The second-order valence-electron chi connectivity index (χ2n) is 5.28. The molecular formula is C14H17FN2OS. The number of imidazole rings is 1. The van der Waals surface area contributed by atoms with E-state index in [9.17, 15) is 4.39 Å². The van der Waals surface area contributed by atoms with E-state index >= 15 is 0 Å². The smallest absolute Gasteiger partial charge is 0.178 e. The standard InChI is InChI=1S/C14H17FN2OS/c1-8-4-3-5-11(8)17-12-7-13(18-2)9(15)6-10(12)16-14(17)19/h6-8,11H,3-5H2,1-2H3,(H,16,19). The first-order chi connectivity index (χ1) is 9.11. The van der Waals surface area contributed by atoms with Crippen molar-refractivity contribution in [2.24, 2.45) is 5.92 Å². The van der Waals surface area contributed by atoms with Crippen LogP contribution >= 0.6 is 12.2 Å². The van der Waals surface area contributed by atoms with Crippen LogP contribution in [0.2, 0.25) is 0 Å².